The van der Waals surface area contributed by atoms with E-state index in [0.29, 0.717) is 52.8 Å². The van der Waals surface area contributed by atoms with Crippen LogP contribution in [0.15, 0.2) is 67.9 Å². The van der Waals surface area contributed by atoms with Crippen molar-refractivity contribution in [2.75, 3.05) is 27.4 Å². The van der Waals surface area contributed by atoms with E-state index in [2.05, 4.69) is 23.5 Å². The topological polar surface area (TPSA) is 102 Å². The molecule has 0 spiro atoms. The Bertz CT molecular complexity index is 1190. The number of methoxy groups -OCH3 is 2. The van der Waals surface area contributed by atoms with Gasteiger partial charge in [-0.05, 0) is 74.9 Å². The van der Waals surface area contributed by atoms with Gasteiger partial charge in [0.05, 0.1) is 44.8 Å². The van der Waals surface area contributed by atoms with Crippen LogP contribution in [0.3, 0.4) is 0 Å². The molecule has 2 aromatic carbocycles. The van der Waals surface area contributed by atoms with Crippen LogP contribution in [0.25, 0.3) is 16.9 Å². The van der Waals surface area contributed by atoms with E-state index in [-0.39, 0.29) is 0 Å². The summed E-state index contributed by atoms with van der Waals surface area (Å²) in [6.45, 7) is 8.42. The SMILES string of the molecule is C=CCCCCOc1cc(C(=O)OC)ccc1-c1cn(-c2ccc(C(=O)OC)cc2OCCCCC=C)nn1. The minimum atomic E-state index is -0.460. The molecule has 206 valence electrons. The van der Waals surface area contributed by atoms with Gasteiger partial charge in [-0.15, -0.1) is 18.3 Å². The lowest BCUT2D eigenvalue weighted by molar-refractivity contribution is 0.0591. The van der Waals surface area contributed by atoms with E-state index >= 15 is 0 Å². The van der Waals surface area contributed by atoms with Gasteiger partial charge in [-0.25, -0.2) is 14.3 Å². The molecule has 1 aromatic heterocycles. The van der Waals surface area contributed by atoms with Crippen LogP contribution in [0, 0.1) is 0 Å². The number of nitrogens with zero attached hydrogens (tertiary/aromatic N) is 3. The summed E-state index contributed by atoms with van der Waals surface area (Å²) >= 11 is 0. The quantitative estimate of drug-likeness (QED) is 0.126. The van der Waals surface area contributed by atoms with Crippen molar-refractivity contribution in [2.45, 2.75) is 38.5 Å². The van der Waals surface area contributed by atoms with Crippen LogP contribution >= 0.6 is 0 Å². The van der Waals surface area contributed by atoms with E-state index in [1.807, 2.05) is 12.2 Å². The molecule has 0 unspecified atom stereocenters. The standard InChI is InChI=1S/C30H35N3O6/c1-5-7-9-11-17-38-27-19-22(29(34)36-3)13-15-24(27)25-21-33(32-31-25)26-16-14-23(30(35)37-4)20-28(26)39-18-12-10-8-6-2/h5-6,13-16,19-21H,1-2,7-12,17-18H2,3-4H3. The minimum Gasteiger partial charge on any atom is -0.493 e. The van der Waals surface area contributed by atoms with E-state index in [4.69, 9.17) is 18.9 Å². The molecule has 0 bridgehead atoms. The lowest BCUT2D eigenvalue weighted by Crippen LogP contribution is -2.07. The fraction of sp³-hybridized carbons (Fsp3) is 0.333. The van der Waals surface area contributed by atoms with Crippen LogP contribution in [0.2, 0.25) is 0 Å². The molecule has 0 atom stereocenters. The molecule has 39 heavy (non-hydrogen) atoms. The number of aromatic nitrogens is 3. The van der Waals surface area contributed by atoms with Gasteiger partial charge in [0, 0.05) is 5.56 Å². The Morgan fingerprint density at radius 1 is 0.821 bits per heavy atom. The number of ether oxygens (including phenoxy) is 4. The average molecular weight is 534 g/mol. The van der Waals surface area contributed by atoms with Crippen molar-refractivity contribution in [3.05, 3.63) is 79.0 Å². The molecular formula is C30H35N3O6. The molecule has 9 nitrogen and oxygen atoms in total. The van der Waals surface area contributed by atoms with Gasteiger partial charge in [-0.1, -0.05) is 17.4 Å². The number of carbonyl (C=O) groups excluding carboxylic acids is 2. The number of hydrogen-bond acceptors (Lipinski definition) is 8. The summed E-state index contributed by atoms with van der Waals surface area (Å²) in [6.07, 6.45) is 10.9. The molecule has 0 fully saturated rings. The Kier molecular flexibility index (Phi) is 11.3. The number of rotatable bonds is 16. The maximum Gasteiger partial charge on any atom is 0.337 e. The van der Waals surface area contributed by atoms with E-state index in [1.54, 1.807) is 47.3 Å². The Morgan fingerprint density at radius 3 is 1.97 bits per heavy atom. The maximum absolute atomic E-state index is 12.1. The van der Waals surface area contributed by atoms with E-state index in [9.17, 15) is 9.59 Å². The fourth-order valence-corrected chi connectivity index (χ4v) is 3.81. The molecule has 0 amide bonds. The molecule has 0 aliphatic rings. The highest BCUT2D eigenvalue weighted by atomic mass is 16.5. The zero-order valence-electron chi connectivity index (χ0n) is 22.6. The Balaban J connectivity index is 1.91. The molecule has 0 saturated carbocycles. The monoisotopic (exact) mass is 533 g/mol. The van der Waals surface area contributed by atoms with Crippen LogP contribution in [0.5, 0.6) is 11.5 Å². The second kappa shape index (κ2) is 15.1. The first-order chi connectivity index (χ1) is 19.0. The number of esters is 2. The smallest absolute Gasteiger partial charge is 0.337 e. The normalized spacial score (nSPS) is 10.5. The van der Waals surface area contributed by atoms with Gasteiger partial charge in [-0.2, -0.15) is 0 Å². The predicted octanol–water partition coefficient (Wildman–Crippen LogP) is 5.98. The molecule has 3 rings (SSSR count). The van der Waals surface area contributed by atoms with E-state index in [0.717, 1.165) is 38.5 Å². The molecule has 0 radical (unpaired) electrons. The summed E-state index contributed by atoms with van der Waals surface area (Å²) < 4.78 is 23.4. The number of allylic oxidation sites excluding steroid dienone is 2. The molecule has 0 aliphatic carbocycles. The van der Waals surface area contributed by atoms with Gasteiger partial charge in [0.2, 0.25) is 0 Å². The zero-order valence-corrected chi connectivity index (χ0v) is 22.6. The lowest BCUT2D eigenvalue weighted by atomic mass is 10.1. The second-order valence-electron chi connectivity index (χ2n) is 8.69. The van der Waals surface area contributed by atoms with Gasteiger partial charge in [0.1, 0.15) is 22.9 Å². The molecule has 0 aliphatic heterocycles. The predicted molar refractivity (Wildman–Crippen MR) is 149 cm³/mol. The number of benzene rings is 2. The van der Waals surface area contributed by atoms with Gasteiger partial charge in [-0.3, -0.25) is 0 Å². The summed E-state index contributed by atoms with van der Waals surface area (Å²) in [5.74, 6) is 0.0659. The summed E-state index contributed by atoms with van der Waals surface area (Å²) in [4.78, 5) is 24.2. The van der Waals surface area contributed by atoms with Crippen LogP contribution in [0.4, 0.5) is 0 Å². The highest BCUT2D eigenvalue weighted by molar-refractivity contribution is 5.91. The molecule has 3 aromatic rings. The summed E-state index contributed by atoms with van der Waals surface area (Å²) in [7, 11) is 2.67. The number of carbonyl (C=O) groups is 2. The first kappa shape index (κ1) is 29.2. The molecule has 0 N–H and O–H groups in total. The summed E-state index contributed by atoms with van der Waals surface area (Å²) in [5, 5.41) is 8.67. The first-order valence-electron chi connectivity index (χ1n) is 12.9. The third-order valence-electron chi connectivity index (χ3n) is 5.92. The molecular weight excluding hydrogens is 498 g/mol. The highest BCUT2D eigenvalue weighted by Gasteiger charge is 2.18. The average Bonchev–Trinajstić information content (AvgIpc) is 3.45. The van der Waals surface area contributed by atoms with Crippen LogP contribution < -0.4 is 9.47 Å². The highest BCUT2D eigenvalue weighted by Crippen LogP contribution is 2.32. The third kappa shape index (κ3) is 8.04. The van der Waals surface area contributed by atoms with Crippen molar-refractivity contribution >= 4 is 11.9 Å². The maximum atomic E-state index is 12.1. The van der Waals surface area contributed by atoms with Crippen LogP contribution in [-0.2, 0) is 9.47 Å². The van der Waals surface area contributed by atoms with E-state index in [1.165, 1.54) is 14.2 Å². The number of unbranched alkanes of at least 4 members (excludes halogenated alkanes) is 4. The number of hydrogen-bond donors (Lipinski definition) is 0. The Morgan fingerprint density at radius 2 is 1.38 bits per heavy atom. The Hall–Kier alpha value is -4.40. The van der Waals surface area contributed by atoms with Gasteiger partial charge in [0.25, 0.3) is 0 Å². The van der Waals surface area contributed by atoms with Gasteiger partial charge >= 0.3 is 11.9 Å². The van der Waals surface area contributed by atoms with Crippen LogP contribution in [-0.4, -0.2) is 54.4 Å². The van der Waals surface area contributed by atoms with Crippen molar-refractivity contribution in [3.8, 4) is 28.4 Å². The summed E-state index contributed by atoms with van der Waals surface area (Å²) in [5.41, 5.74) is 2.58. The first-order valence-corrected chi connectivity index (χ1v) is 12.9. The summed E-state index contributed by atoms with van der Waals surface area (Å²) in [6, 6.07) is 10.1. The van der Waals surface area contributed by atoms with Crippen molar-refractivity contribution < 1.29 is 28.5 Å². The second-order valence-corrected chi connectivity index (χ2v) is 8.69. The van der Waals surface area contributed by atoms with Gasteiger partial charge in [0.15, 0.2) is 0 Å². The van der Waals surface area contributed by atoms with Crippen molar-refractivity contribution in [1.29, 1.82) is 0 Å². The van der Waals surface area contributed by atoms with E-state index < -0.39 is 11.9 Å². The molecule has 1 heterocycles. The molecule has 0 saturated heterocycles. The molecule has 9 heteroatoms. The zero-order chi connectivity index (χ0) is 28.0. The Labute approximate surface area is 229 Å². The van der Waals surface area contributed by atoms with Crippen LogP contribution in [0.1, 0.15) is 59.2 Å². The largest absolute Gasteiger partial charge is 0.493 e. The lowest BCUT2D eigenvalue weighted by Gasteiger charge is -2.13. The van der Waals surface area contributed by atoms with Crippen molar-refractivity contribution in [1.82, 2.24) is 15.0 Å². The van der Waals surface area contributed by atoms with Crippen molar-refractivity contribution in [2.24, 2.45) is 0 Å². The fourth-order valence-electron chi connectivity index (χ4n) is 3.81. The third-order valence-corrected chi connectivity index (χ3v) is 5.92. The van der Waals surface area contributed by atoms with Gasteiger partial charge < -0.3 is 18.9 Å². The van der Waals surface area contributed by atoms with Crippen molar-refractivity contribution in [3.63, 3.8) is 0 Å². The minimum absolute atomic E-state index is 0.369.